The van der Waals surface area contributed by atoms with Crippen molar-refractivity contribution in [3.05, 3.63) is 58.1 Å². The molecule has 1 amide bonds. The fourth-order valence-electron chi connectivity index (χ4n) is 1.79. The second-order valence-corrected chi connectivity index (χ2v) is 5.48. The quantitative estimate of drug-likeness (QED) is 0.885. The number of para-hydroxylation sites is 1. The van der Waals surface area contributed by atoms with E-state index in [9.17, 15) is 4.79 Å². The number of halogens is 2. The Balaban J connectivity index is 2.06. The van der Waals surface area contributed by atoms with Gasteiger partial charge in [-0.2, -0.15) is 0 Å². The summed E-state index contributed by atoms with van der Waals surface area (Å²) in [5, 5.41) is 3.46. The van der Waals surface area contributed by atoms with Gasteiger partial charge in [-0.15, -0.1) is 0 Å². The van der Waals surface area contributed by atoms with Crippen molar-refractivity contribution >= 4 is 34.8 Å². The third kappa shape index (κ3) is 4.13. The number of aryl methyl sites for hydroxylation is 1. The summed E-state index contributed by atoms with van der Waals surface area (Å²) in [6.07, 6.45) is -0.667. The van der Waals surface area contributed by atoms with Crippen LogP contribution in [0.2, 0.25) is 10.0 Å². The number of carbonyl (C=O) groups excluding carboxylic acids is 1. The first-order valence-corrected chi connectivity index (χ1v) is 7.21. The van der Waals surface area contributed by atoms with Crippen molar-refractivity contribution in [3.63, 3.8) is 0 Å². The Labute approximate surface area is 133 Å². The van der Waals surface area contributed by atoms with E-state index in [1.165, 1.54) is 0 Å². The van der Waals surface area contributed by atoms with E-state index in [0.29, 0.717) is 21.5 Å². The topological polar surface area (TPSA) is 38.3 Å². The molecule has 0 heterocycles. The highest BCUT2D eigenvalue weighted by molar-refractivity contribution is 6.39. The van der Waals surface area contributed by atoms with Gasteiger partial charge in [-0.05, 0) is 43.7 Å². The van der Waals surface area contributed by atoms with E-state index < -0.39 is 6.10 Å². The van der Waals surface area contributed by atoms with Crippen molar-refractivity contribution < 1.29 is 9.53 Å². The van der Waals surface area contributed by atoms with Gasteiger partial charge in [0.25, 0.3) is 5.91 Å². The van der Waals surface area contributed by atoms with Gasteiger partial charge in [-0.1, -0.05) is 41.4 Å². The molecule has 0 aliphatic carbocycles. The Kier molecular flexibility index (Phi) is 5.10. The fourth-order valence-corrected chi connectivity index (χ4v) is 2.28. The van der Waals surface area contributed by atoms with Gasteiger partial charge in [-0.25, -0.2) is 0 Å². The molecule has 2 aromatic rings. The summed E-state index contributed by atoms with van der Waals surface area (Å²) in [6.45, 7) is 3.63. The van der Waals surface area contributed by atoms with E-state index in [2.05, 4.69) is 5.32 Å². The highest BCUT2D eigenvalue weighted by Gasteiger charge is 2.17. The van der Waals surface area contributed by atoms with Crippen LogP contribution in [0.1, 0.15) is 12.5 Å². The maximum atomic E-state index is 12.2. The second kappa shape index (κ2) is 6.83. The molecule has 0 bridgehead atoms. The van der Waals surface area contributed by atoms with Crippen LogP contribution in [0.25, 0.3) is 0 Å². The van der Waals surface area contributed by atoms with Gasteiger partial charge in [0, 0.05) is 0 Å². The monoisotopic (exact) mass is 323 g/mol. The van der Waals surface area contributed by atoms with E-state index in [4.69, 9.17) is 27.9 Å². The van der Waals surface area contributed by atoms with E-state index in [0.717, 1.165) is 5.56 Å². The van der Waals surface area contributed by atoms with Crippen molar-refractivity contribution in [2.75, 3.05) is 5.32 Å². The van der Waals surface area contributed by atoms with E-state index >= 15 is 0 Å². The van der Waals surface area contributed by atoms with E-state index in [1.54, 1.807) is 31.2 Å². The number of anilines is 1. The molecule has 21 heavy (non-hydrogen) atoms. The van der Waals surface area contributed by atoms with Gasteiger partial charge in [0.05, 0.1) is 15.7 Å². The molecule has 1 atom stereocenters. The maximum absolute atomic E-state index is 12.2. The molecule has 1 N–H and O–H groups in total. The minimum atomic E-state index is -0.667. The van der Waals surface area contributed by atoms with Crippen molar-refractivity contribution in [2.45, 2.75) is 20.0 Å². The largest absolute Gasteiger partial charge is 0.481 e. The molecule has 5 heteroatoms. The zero-order valence-corrected chi connectivity index (χ0v) is 13.2. The first-order chi connectivity index (χ1) is 9.97. The lowest BCUT2D eigenvalue weighted by atomic mass is 10.2. The SMILES string of the molecule is Cc1cccc(O[C@H](C)C(=O)Nc2c(Cl)cccc2Cl)c1. The fraction of sp³-hybridized carbons (Fsp3) is 0.188. The predicted octanol–water partition coefficient (Wildman–Crippen LogP) is 4.71. The molecule has 110 valence electrons. The molecule has 0 unspecified atom stereocenters. The predicted molar refractivity (Wildman–Crippen MR) is 86.4 cm³/mol. The first-order valence-electron chi connectivity index (χ1n) is 6.45. The van der Waals surface area contributed by atoms with Crippen molar-refractivity contribution in [1.82, 2.24) is 0 Å². The summed E-state index contributed by atoms with van der Waals surface area (Å²) < 4.78 is 5.61. The zero-order valence-electron chi connectivity index (χ0n) is 11.7. The van der Waals surface area contributed by atoms with Crippen LogP contribution < -0.4 is 10.1 Å². The lowest BCUT2D eigenvalue weighted by molar-refractivity contribution is -0.122. The van der Waals surface area contributed by atoms with Crippen LogP contribution in [-0.2, 0) is 4.79 Å². The minimum absolute atomic E-state index is 0.313. The molecule has 0 aromatic heterocycles. The molecule has 0 fully saturated rings. The number of hydrogen-bond acceptors (Lipinski definition) is 2. The molecular weight excluding hydrogens is 309 g/mol. The first kappa shape index (κ1) is 15.7. The zero-order chi connectivity index (χ0) is 15.4. The van der Waals surface area contributed by atoms with Gasteiger partial charge in [-0.3, -0.25) is 4.79 Å². The number of hydrogen-bond donors (Lipinski definition) is 1. The molecule has 3 nitrogen and oxygen atoms in total. The number of rotatable bonds is 4. The lowest BCUT2D eigenvalue weighted by Gasteiger charge is -2.16. The van der Waals surface area contributed by atoms with Crippen LogP contribution in [0.5, 0.6) is 5.75 Å². The van der Waals surface area contributed by atoms with Crippen LogP contribution in [0.3, 0.4) is 0 Å². The number of amides is 1. The van der Waals surface area contributed by atoms with Crippen LogP contribution in [0.4, 0.5) is 5.69 Å². The Hall–Kier alpha value is -1.71. The lowest BCUT2D eigenvalue weighted by Crippen LogP contribution is -2.30. The van der Waals surface area contributed by atoms with Crippen LogP contribution in [-0.4, -0.2) is 12.0 Å². The Morgan fingerprint density at radius 3 is 2.38 bits per heavy atom. The standard InChI is InChI=1S/C16H15Cl2NO2/c1-10-5-3-6-12(9-10)21-11(2)16(20)19-15-13(17)7-4-8-14(15)18/h3-9,11H,1-2H3,(H,19,20)/t11-/m1/s1. The smallest absolute Gasteiger partial charge is 0.265 e. The maximum Gasteiger partial charge on any atom is 0.265 e. The summed E-state index contributed by atoms with van der Waals surface area (Å²) in [4.78, 5) is 12.2. The molecular formula is C16H15Cl2NO2. The molecule has 2 aromatic carbocycles. The van der Waals surface area contributed by atoms with Crippen molar-refractivity contribution in [3.8, 4) is 5.75 Å². The molecule has 0 saturated carbocycles. The molecule has 2 rings (SSSR count). The summed E-state index contributed by atoms with van der Waals surface area (Å²) in [5.74, 6) is 0.328. The van der Waals surface area contributed by atoms with Gasteiger partial charge in [0.1, 0.15) is 5.75 Å². The van der Waals surface area contributed by atoms with Crippen LogP contribution >= 0.6 is 23.2 Å². The second-order valence-electron chi connectivity index (χ2n) is 4.66. The average Bonchev–Trinajstić information content (AvgIpc) is 2.43. The van der Waals surface area contributed by atoms with Gasteiger partial charge in [0.15, 0.2) is 6.10 Å². The van der Waals surface area contributed by atoms with Gasteiger partial charge < -0.3 is 10.1 Å². The average molecular weight is 324 g/mol. The molecule has 0 spiro atoms. The Bertz CT molecular complexity index is 638. The van der Waals surface area contributed by atoms with E-state index in [-0.39, 0.29) is 5.91 Å². The van der Waals surface area contributed by atoms with Crippen LogP contribution in [0, 0.1) is 6.92 Å². The molecule has 0 aliphatic rings. The number of carbonyl (C=O) groups is 1. The van der Waals surface area contributed by atoms with Crippen LogP contribution in [0.15, 0.2) is 42.5 Å². The third-order valence-electron chi connectivity index (χ3n) is 2.88. The minimum Gasteiger partial charge on any atom is -0.481 e. The summed E-state index contributed by atoms with van der Waals surface area (Å²) in [6, 6.07) is 12.5. The summed E-state index contributed by atoms with van der Waals surface area (Å²) in [7, 11) is 0. The number of benzene rings is 2. The summed E-state index contributed by atoms with van der Waals surface area (Å²) in [5.41, 5.74) is 1.46. The molecule has 0 saturated heterocycles. The van der Waals surface area contributed by atoms with Gasteiger partial charge in [0.2, 0.25) is 0 Å². The van der Waals surface area contributed by atoms with E-state index in [1.807, 2.05) is 25.1 Å². The summed E-state index contributed by atoms with van der Waals surface area (Å²) >= 11 is 12.0. The Morgan fingerprint density at radius 1 is 1.14 bits per heavy atom. The highest BCUT2D eigenvalue weighted by Crippen LogP contribution is 2.30. The van der Waals surface area contributed by atoms with Crippen molar-refractivity contribution in [2.24, 2.45) is 0 Å². The highest BCUT2D eigenvalue weighted by atomic mass is 35.5. The number of nitrogens with one attached hydrogen (secondary N) is 1. The number of ether oxygens (including phenoxy) is 1. The Morgan fingerprint density at radius 2 is 1.76 bits per heavy atom. The molecule has 0 aliphatic heterocycles. The van der Waals surface area contributed by atoms with Gasteiger partial charge >= 0.3 is 0 Å². The third-order valence-corrected chi connectivity index (χ3v) is 3.51. The van der Waals surface area contributed by atoms with Crippen molar-refractivity contribution in [1.29, 1.82) is 0 Å². The molecule has 0 radical (unpaired) electrons. The normalized spacial score (nSPS) is 11.8.